The van der Waals surface area contributed by atoms with Gasteiger partial charge >= 0.3 is 0 Å². The van der Waals surface area contributed by atoms with E-state index in [2.05, 4.69) is 20.3 Å². The third kappa shape index (κ3) is 4.15. The zero-order chi connectivity index (χ0) is 16.9. The molecule has 3 aromatic rings. The summed E-state index contributed by atoms with van der Waals surface area (Å²) in [6.07, 6.45) is 1.49. The van der Waals surface area contributed by atoms with Crippen molar-refractivity contribution in [1.82, 2.24) is 15.0 Å². The largest absolute Gasteiger partial charge is 0.337 e. The lowest BCUT2D eigenvalue weighted by Gasteiger charge is -2.03. The van der Waals surface area contributed by atoms with Crippen LogP contribution < -0.4 is 5.32 Å². The minimum absolute atomic E-state index is 0.148. The van der Waals surface area contributed by atoms with Gasteiger partial charge in [-0.15, -0.1) is 0 Å². The first-order valence-corrected chi connectivity index (χ1v) is 8.64. The number of aryl methyl sites for hydroxylation is 1. The molecular weight excluding hydrogens is 344 g/mol. The van der Waals surface area contributed by atoms with E-state index in [1.165, 1.54) is 18.0 Å². The van der Waals surface area contributed by atoms with Crippen LogP contribution in [0.2, 0.25) is 5.02 Å². The topological polar surface area (TPSA) is 70.7 Å². The van der Waals surface area contributed by atoms with E-state index in [-0.39, 0.29) is 11.7 Å². The number of nitrogens with one attached hydrogen (secondary N) is 2. The maximum Gasteiger partial charge on any atom is 0.236 e. The fourth-order valence-electron chi connectivity index (χ4n) is 2.14. The number of hydrogen-bond acceptors (Lipinski definition) is 4. The van der Waals surface area contributed by atoms with Crippen molar-refractivity contribution < 1.29 is 4.79 Å². The number of aromatic nitrogens is 3. The highest BCUT2D eigenvalue weighted by Crippen LogP contribution is 2.25. The Bertz CT molecular complexity index is 834. The number of imidazole rings is 1. The van der Waals surface area contributed by atoms with E-state index >= 15 is 0 Å². The van der Waals surface area contributed by atoms with Gasteiger partial charge in [0.1, 0.15) is 5.82 Å². The van der Waals surface area contributed by atoms with Crippen molar-refractivity contribution in [3.8, 4) is 11.3 Å². The molecule has 7 heteroatoms. The molecule has 2 aromatic heterocycles. The standard InChI is InChI=1S/C17H15ClN4OS/c1-11-16(12-5-3-2-4-6-12)22-17(20-11)24-10-15(23)21-14-8-7-13(18)9-19-14/h2-9H,10H2,1H3,(H,20,22)(H,19,21,23). The van der Waals surface area contributed by atoms with E-state index in [4.69, 9.17) is 11.6 Å². The number of aromatic amines is 1. The van der Waals surface area contributed by atoms with Gasteiger partial charge in [-0.2, -0.15) is 0 Å². The van der Waals surface area contributed by atoms with Gasteiger partial charge in [-0.1, -0.05) is 53.7 Å². The number of H-pyrrole nitrogens is 1. The number of amides is 1. The molecule has 3 rings (SSSR count). The molecule has 0 aliphatic rings. The molecule has 5 nitrogen and oxygen atoms in total. The number of carbonyl (C=O) groups excluding carboxylic acids is 1. The Labute approximate surface area is 148 Å². The molecule has 0 spiro atoms. The summed E-state index contributed by atoms with van der Waals surface area (Å²) >= 11 is 7.11. The second kappa shape index (κ2) is 7.51. The summed E-state index contributed by atoms with van der Waals surface area (Å²) in [4.78, 5) is 23.8. The van der Waals surface area contributed by atoms with Gasteiger partial charge in [0.2, 0.25) is 5.91 Å². The minimum atomic E-state index is -0.148. The third-order valence-corrected chi connectivity index (χ3v) is 4.34. The van der Waals surface area contributed by atoms with E-state index in [0.29, 0.717) is 16.0 Å². The first-order valence-electron chi connectivity index (χ1n) is 7.28. The number of anilines is 1. The molecule has 2 heterocycles. The highest BCUT2D eigenvalue weighted by Gasteiger charge is 2.11. The Morgan fingerprint density at radius 1 is 1.25 bits per heavy atom. The first kappa shape index (κ1) is 16.5. The van der Waals surface area contributed by atoms with Crippen LogP contribution in [-0.4, -0.2) is 26.6 Å². The smallest absolute Gasteiger partial charge is 0.236 e. The molecule has 0 saturated carbocycles. The van der Waals surface area contributed by atoms with Crippen LogP contribution in [0.5, 0.6) is 0 Å². The lowest BCUT2D eigenvalue weighted by atomic mass is 10.1. The van der Waals surface area contributed by atoms with Gasteiger partial charge in [-0.05, 0) is 19.1 Å². The van der Waals surface area contributed by atoms with E-state index < -0.39 is 0 Å². The molecular formula is C17H15ClN4OS. The number of rotatable bonds is 5. The molecule has 0 radical (unpaired) electrons. The Morgan fingerprint density at radius 2 is 2.04 bits per heavy atom. The first-order chi connectivity index (χ1) is 11.6. The normalized spacial score (nSPS) is 10.6. The Morgan fingerprint density at radius 3 is 2.75 bits per heavy atom. The van der Waals surface area contributed by atoms with Gasteiger partial charge in [0.15, 0.2) is 5.16 Å². The number of hydrogen-bond donors (Lipinski definition) is 2. The fraction of sp³-hybridized carbons (Fsp3) is 0.118. The SMILES string of the molecule is Cc1[nH]c(SCC(=O)Nc2ccc(Cl)cn2)nc1-c1ccccc1. The monoisotopic (exact) mass is 358 g/mol. The maximum atomic E-state index is 12.0. The predicted molar refractivity (Wildman–Crippen MR) is 97.4 cm³/mol. The van der Waals surface area contributed by atoms with Crippen molar-refractivity contribution >= 4 is 35.1 Å². The average molecular weight is 359 g/mol. The van der Waals surface area contributed by atoms with Crippen molar-refractivity contribution in [2.45, 2.75) is 12.1 Å². The predicted octanol–water partition coefficient (Wildman–Crippen LogP) is 4.16. The van der Waals surface area contributed by atoms with Crippen LogP contribution in [0.4, 0.5) is 5.82 Å². The number of nitrogens with zero attached hydrogens (tertiary/aromatic N) is 2. The number of carbonyl (C=O) groups is 1. The summed E-state index contributed by atoms with van der Waals surface area (Å²) in [5.41, 5.74) is 2.93. The zero-order valence-corrected chi connectivity index (χ0v) is 14.5. The van der Waals surface area contributed by atoms with Crippen molar-refractivity contribution in [3.05, 3.63) is 59.4 Å². The second-order valence-electron chi connectivity index (χ2n) is 5.08. The van der Waals surface area contributed by atoms with Crippen LogP contribution in [0.15, 0.2) is 53.8 Å². The number of benzene rings is 1. The number of pyridine rings is 1. The van der Waals surface area contributed by atoms with Crippen molar-refractivity contribution in [2.75, 3.05) is 11.1 Å². The van der Waals surface area contributed by atoms with E-state index in [1.54, 1.807) is 12.1 Å². The summed E-state index contributed by atoms with van der Waals surface area (Å²) in [5.74, 6) is 0.571. The van der Waals surface area contributed by atoms with Gasteiger partial charge in [0, 0.05) is 17.5 Å². The van der Waals surface area contributed by atoms with Crippen molar-refractivity contribution in [2.24, 2.45) is 0 Å². The molecule has 0 aliphatic heterocycles. The zero-order valence-electron chi connectivity index (χ0n) is 12.9. The van der Waals surface area contributed by atoms with E-state index in [1.807, 2.05) is 37.3 Å². The Kier molecular flexibility index (Phi) is 5.17. The van der Waals surface area contributed by atoms with Crippen molar-refractivity contribution in [3.63, 3.8) is 0 Å². The van der Waals surface area contributed by atoms with Crippen LogP contribution in [-0.2, 0) is 4.79 Å². The van der Waals surface area contributed by atoms with Crippen molar-refractivity contribution in [1.29, 1.82) is 0 Å². The van der Waals surface area contributed by atoms with Gasteiger partial charge < -0.3 is 10.3 Å². The summed E-state index contributed by atoms with van der Waals surface area (Å²) in [6.45, 7) is 1.97. The van der Waals surface area contributed by atoms with E-state index in [0.717, 1.165) is 17.0 Å². The van der Waals surface area contributed by atoms with Gasteiger partial charge in [0.05, 0.1) is 16.5 Å². The van der Waals surface area contributed by atoms with Gasteiger partial charge in [0.25, 0.3) is 0 Å². The maximum absolute atomic E-state index is 12.0. The fourth-order valence-corrected chi connectivity index (χ4v) is 2.97. The summed E-state index contributed by atoms with van der Waals surface area (Å²) < 4.78 is 0. The number of thioether (sulfide) groups is 1. The lowest BCUT2D eigenvalue weighted by molar-refractivity contribution is -0.113. The summed E-state index contributed by atoms with van der Waals surface area (Å²) in [7, 11) is 0. The van der Waals surface area contributed by atoms with E-state index in [9.17, 15) is 4.79 Å². The highest BCUT2D eigenvalue weighted by molar-refractivity contribution is 7.99. The van der Waals surface area contributed by atoms with Crippen LogP contribution in [0.3, 0.4) is 0 Å². The Balaban J connectivity index is 1.61. The Hall–Kier alpha value is -2.31. The van der Waals surface area contributed by atoms with Crippen LogP contribution in [0.25, 0.3) is 11.3 Å². The molecule has 122 valence electrons. The molecule has 2 N–H and O–H groups in total. The number of halogens is 1. The van der Waals surface area contributed by atoms with Crippen LogP contribution >= 0.6 is 23.4 Å². The molecule has 24 heavy (non-hydrogen) atoms. The second-order valence-corrected chi connectivity index (χ2v) is 6.48. The molecule has 0 fully saturated rings. The molecule has 0 saturated heterocycles. The lowest BCUT2D eigenvalue weighted by Crippen LogP contribution is -2.14. The summed E-state index contributed by atoms with van der Waals surface area (Å²) in [5, 5.41) is 3.96. The highest BCUT2D eigenvalue weighted by atomic mass is 35.5. The summed E-state index contributed by atoms with van der Waals surface area (Å²) in [6, 6.07) is 13.3. The molecule has 1 aromatic carbocycles. The molecule has 1 amide bonds. The van der Waals surface area contributed by atoms with Crippen LogP contribution in [0.1, 0.15) is 5.69 Å². The van der Waals surface area contributed by atoms with Gasteiger partial charge in [-0.3, -0.25) is 4.79 Å². The molecule has 0 aliphatic carbocycles. The average Bonchev–Trinajstić information content (AvgIpc) is 2.97. The molecule has 0 atom stereocenters. The minimum Gasteiger partial charge on any atom is -0.337 e. The third-order valence-electron chi connectivity index (χ3n) is 3.25. The quantitative estimate of drug-likeness (QED) is 0.672. The molecule has 0 bridgehead atoms. The van der Waals surface area contributed by atoms with Gasteiger partial charge in [-0.25, -0.2) is 9.97 Å². The van der Waals surface area contributed by atoms with Crippen LogP contribution in [0, 0.1) is 6.92 Å². The molecule has 0 unspecified atom stereocenters.